The molecule has 0 radical (unpaired) electrons. The number of aryl methyl sites for hydroxylation is 2. The van der Waals surface area contributed by atoms with Crippen LogP contribution in [0.15, 0.2) is 72.8 Å². The van der Waals surface area contributed by atoms with Gasteiger partial charge in [-0.2, -0.15) is 0 Å². The normalized spacial score (nSPS) is 11.7. The van der Waals surface area contributed by atoms with E-state index >= 15 is 0 Å². The van der Waals surface area contributed by atoms with Gasteiger partial charge in [0, 0.05) is 30.3 Å². The van der Waals surface area contributed by atoms with E-state index in [2.05, 4.69) is 5.32 Å². The fraction of sp³-hybridized carbons (Fsp3) is 0.214. The standard InChI is InChI=1S/C28H29N5O3/c1-33-24-15-14-21(16-23(24)32-26(33)20-12-10-19(11-13-20)25(29)30)27(34)31-17-22(28(35)36-2)9-8-18-6-4-3-5-7-18/h3-7,10-16,22H,8-9,17H2,1-2H3,(H3,29,30)(H,31,34). The number of fused-ring (bicyclic) bond motifs is 1. The monoisotopic (exact) mass is 483 g/mol. The number of methoxy groups -OCH3 is 1. The summed E-state index contributed by atoms with van der Waals surface area (Å²) in [6.45, 7) is 0.187. The predicted octanol–water partition coefficient (Wildman–Crippen LogP) is 3.68. The van der Waals surface area contributed by atoms with E-state index in [1.807, 2.05) is 60.1 Å². The van der Waals surface area contributed by atoms with Crippen molar-refractivity contribution in [3.05, 3.63) is 89.5 Å². The number of amides is 1. The van der Waals surface area contributed by atoms with Crippen molar-refractivity contribution in [2.75, 3.05) is 13.7 Å². The van der Waals surface area contributed by atoms with E-state index in [1.54, 1.807) is 24.3 Å². The number of nitrogens with zero attached hydrogens (tertiary/aromatic N) is 2. The van der Waals surface area contributed by atoms with Crippen LogP contribution in [-0.2, 0) is 23.0 Å². The molecule has 0 aliphatic carbocycles. The van der Waals surface area contributed by atoms with Crippen LogP contribution in [0.1, 0.15) is 27.9 Å². The van der Waals surface area contributed by atoms with Gasteiger partial charge >= 0.3 is 5.97 Å². The Kier molecular flexibility index (Phi) is 7.44. The van der Waals surface area contributed by atoms with Crippen molar-refractivity contribution in [1.82, 2.24) is 14.9 Å². The van der Waals surface area contributed by atoms with E-state index < -0.39 is 5.92 Å². The first-order chi connectivity index (χ1) is 17.4. The zero-order valence-electron chi connectivity index (χ0n) is 20.3. The number of amidine groups is 1. The summed E-state index contributed by atoms with van der Waals surface area (Å²) in [6.07, 6.45) is 1.29. The Labute approximate surface area is 209 Å². The molecule has 0 saturated carbocycles. The van der Waals surface area contributed by atoms with Crippen molar-refractivity contribution in [1.29, 1.82) is 5.41 Å². The van der Waals surface area contributed by atoms with Gasteiger partial charge in [-0.25, -0.2) is 4.98 Å². The summed E-state index contributed by atoms with van der Waals surface area (Å²) >= 11 is 0. The largest absolute Gasteiger partial charge is 0.469 e. The summed E-state index contributed by atoms with van der Waals surface area (Å²) in [6, 6.07) is 22.6. The number of nitrogens with two attached hydrogens (primary N) is 1. The molecule has 1 heterocycles. The van der Waals surface area contributed by atoms with Crippen LogP contribution >= 0.6 is 0 Å². The van der Waals surface area contributed by atoms with Crippen LogP contribution in [0.25, 0.3) is 22.4 Å². The van der Waals surface area contributed by atoms with Crippen molar-refractivity contribution in [3.8, 4) is 11.4 Å². The van der Waals surface area contributed by atoms with Crippen molar-refractivity contribution in [2.45, 2.75) is 12.8 Å². The number of aromatic nitrogens is 2. The van der Waals surface area contributed by atoms with E-state index in [-0.39, 0.29) is 24.3 Å². The van der Waals surface area contributed by atoms with Crippen LogP contribution < -0.4 is 11.1 Å². The van der Waals surface area contributed by atoms with Gasteiger partial charge in [0.05, 0.1) is 24.1 Å². The summed E-state index contributed by atoms with van der Waals surface area (Å²) in [4.78, 5) is 29.9. The van der Waals surface area contributed by atoms with Gasteiger partial charge in [0.2, 0.25) is 0 Å². The maximum Gasteiger partial charge on any atom is 0.310 e. The van der Waals surface area contributed by atoms with Crippen LogP contribution in [0.4, 0.5) is 0 Å². The molecule has 1 amide bonds. The van der Waals surface area contributed by atoms with Crippen LogP contribution in [-0.4, -0.2) is 40.9 Å². The van der Waals surface area contributed by atoms with Gasteiger partial charge in [0.15, 0.2) is 0 Å². The van der Waals surface area contributed by atoms with E-state index in [9.17, 15) is 9.59 Å². The molecule has 1 unspecified atom stereocenters. The van der Waals surface area contributed by atoms with E-state index in [4.69, 9.17) is 20.9 Å². The van der Waals surface area contributed by atoms with E-state index in [1.165, 1.54) is 7.11 Å². The number of imidazole rings is 1. The number of ether oxygens (including phenoxy) is 1. The third kappa shape index (κ3) is 5.43. The molecule has 184 valence electrons. The zero-order chi connectivity index (χ0) is 25.7. The minimum atomic E-state index is -0.442. The number of benzene rings is 3. The van der Waals surface area contributed by atoms with Crippen molar-refractivity contribution >= 4 is 28.7 Å². The zero-order valence-corrected chi connectivity index (χ0v) is 20.3. The second kappa shape index (κ2) is 10.9. The molecule has 4 N–H and O–H groups in total. The average molecular weight is 484 g/mol. The number of esters is 1. The van der Waals surface area contributed by atoms with E-state index in [0.717, 1.165) is 22.5 Å². The molecule has 3 aromatic carbocycles. The molecule has 0 aliphatic rings. The molecule has 36 heavy (non-hydrogen) atoms. The average Bonchev–Trinajstić information content (AvgIpc) is 3.24. The fourth-order valence-corrected chi connectivity index (χ4v) is 4.17. The Morgan fingerprint density at radius 3 is 2.42 bits per heavy atom. The lowest BCUT2D eigenvalue weighted by molar-refractivity contribution is -0.145. The molecule has 4 aromatic rings. The first-order valence-electron chi connectivity index (χ1n) is 11.7. The van der Waals surface area contributed by atoms with Crippen molar-refractivity contribution in [3.63, 3.8) is 0 Å². The topological polar surface area (TPSA) is 123 Å². The summed E-state index contributed by atoms with van der Waals surface area (Å²) in [5.41, 5.74) is 10.2. The highest BCUT2D eigenvalue weighted by Crippen LogP contribution is 2.25. The predicted molar refractivity (Wildman–Crippen MR) is 140 cm³/mol. The highest BCUT2D eigenvalue weighted by molar-refractivity contribution is 5.98. The summed E-state index contributed by atoms with van der Waals surface area (Å²) in [7, 11) is 3.27. The number of nitrogen functional groups attached to an aromatic ring is 1. The first kappa shape index (κ1) is 24.7. The van der Waals surface area contributed by atoms with Gasteiger partial charge < -0.3 is 20.4 Å². The molecule has 0 spiro atoms. The minimum Gasteiger partial charge on any atom is -0.469 e. The summed E-state index contributed by atoms with van der Waals surface area (Å²) < 4.78 is 6.91. The van der Waals surface area contributed by atoms with Gasteiger partial charge in [-0.1, -0.05) is 54.6 Å². The SMILES string of the molecule is COC(=O)C(CCc1ccccc1)CNC(=O)c1ccc2c(c1)nc(-c1ccc(C(=N)N)cc1)n2C. The van der Waals surface area contributed by atoms with Crippen LogP contribution in [0.5, 0.6) is 0 Å². The molecule has 8 heteroatoms. The minimum absolute atomic E-state index is 0.0108. The van der Waals surface area contributed by atoms with Crippen molar-refractivity contribution in [2.24, 2.45) is 18.7 Å². The summed E-state index contributed by atoms with van der Waals surface area (Å²) in [5, 5.41) is 10.4. The molecule has 1 atom stereocenters. The summed E-state index contributed by atoms with van der Waals surface area (Å²) in [5.74, 6) is -0.307. The molecule has 0 fully saturated rings. The molecular formula is C28H29N5O3. The Morgan fingerprint density at radius 1 is 1.06 bits per heavy atom. The maximum atomic E-state index is 12.9. The molecular weight excluding hydrogens is 454 g/mol. The molecule has 0 aliphatic heterocycles. The number of hydrogen-bond acceptors (Lipinski definition) is 5. The third-order valence-electron chi connectivity index (χ3n) is 6.26. The quantitative estimate of drug-likeness (QED) is 0.190. The second-order valence-electron chi connectivity index (χ2n) is 8.64. The molecule has 0 bridgehead atoms. The van der Waals surface area contributed by atoms with Gasteiger partial charge in [0.1, 0.15) is 11.7 Å². The highest BCUT2D eigenvalue weighted by atomic mass is 16.5. The van der Waals surface area contributed by atoms with Crippen LogP contribution in [0.3, 0.4) is 0 Å². The van der Waals surface area contributed by atoms with Gasteiger partial charge in [-0.3, -0.25) is 15.0 Å². The molecule has 0 saturated heterocycles. The fourth-order valence-electron chi connectivity index (χ4n) is 4.17. The Balaban J connectivity index is 1.47. The molecule has 4 rings (SSSR count). The lowest BCUT2D eigenvalue weighted by atomic mass is 9.99. The van der Waals surface area contributed by atoms with Crippen LogP contribution in [0.2, 0.25) is 0 Å². The van der Waals surface area contributed by atoms with Gasteiger partial charge in [-0.15, -0.1) is 0 Å². The first-order valence-corrected chi connectivity index (χ1v) is 11.7. The second-order valence-corrected chi connectivity index (χ2v) is 8.64. The third-order valence-corrected chi connectivity index (χ3v) is 6.26. The number of carbonyl (C=O) groups excluding carboxylic acids is 2. The lowest BCUT2D eigenvalue weighted by Gasteiger charge is -2.15. The Hall–Kier alpha value is -4.46. The number of carbonyl (C=O) groups is 2. The van der Waals surface area contributed by atoms with Gasteiger partial charge in [-0.05, 0) is 36.6 Å². The smallest absolute Gasteiger partial charge is 0.310 e. The number of rotatable bonds is 9. The van der Waals surface area contributed by atoms with E-state index in [0.29, 0.717) is 29.5 Å². The van der Waals surface area contributed by atoms with Crippen LogP contribution in [0, 0.1) is 11.3 Å². The van der Waals surface area contributed by atoms with Crippen molar-refractivity contribution < 1.29 is 14.3 Å². The number of nitrogens with one attached hydrogen (secondary N) is 2. The number of hydrogen-bond donors (Lipinski definition) is 3. The Morgan fingerprint density at radius 2 is 1.75 bits per heavy atom. The molecule has 1 aromatic heterocycles. The highest BCUT2D eigenvalue weighted by Gasteiger charge is 2.21. The molecule has 8 nitrogen and oxygen atoms in total. The Bertz CT molecular complexity index is 1390. The maximum absolute atomic E-state index is 12.9. The lowest BCUT2D eigenvalue weighted by Crippen LogP contribution is -2.33. The van der Waals surface area contributed by atoms with Gasteiger partial charge in [0.25, 0.3) is 5.91 Å².